The molecule has 0 bridgehead atoms. The summed E-state index contributed by atoms with van der Waals surface area (Å²) >= 11 is 6.01. The van der Waals surface area contributed by atoms with Crippen LogP contribution in [-0.2, 0) is 4.74 Å². The molecule has 1 fully saturated rings. The molecule has 1 heterocycles. The summed E-state index contributed by atoms with van der Waals surface area (Å²) in [5, 5.41) is 0.763. The van der Waals surface area contributed by atoms with E-state index in [4.69, 9.17) is 16.3 Å². The van der Waals surface area contributed by atoms with Crippen molar-refractivity contribution in [3.8, 4) is 0 Å². The van der Waals surface area contributed by atoms with Crippen LogP contribution in [0.3, 0.4) is 0 Å². The maximum absolute atomic E-state index is 6.01. The summed E-state index contributed by atoms with van der Waals surface area (Å²) in [5.74, 6) is 0. The van der Waals surface area contributed by atoms with E-state index >= 15 is 0 Å². The van der Waals surface area contributed by atoms with Gasteiger partial charge in [-0.1, -0.05) is 53.6 Å². The molecule has 0 N–H and O–H groups in total. The van der Waals surface area contributed by atoms with Crippen LogP contribution in [0.4, 0.5) is 0 Å². The predicted molar refractivity (Wildman–Crippen MR) is 88.7 cm³/mol. The average molecular weight is 299 g/mol. The lowest BCUT2D eigenvalue weighted by Crippen LogP contribution is -2.02. The summed E-state index contributed by atoms with van der Waals surface area (Å²) in [4.78, 5) is 0. The van der Waals surface area contributed by atoms with Crippen LogP contribution in [0.25, 0.3) is 5.57 Å². The highest BCUT2D eigenvalue weighted by atomic mass is 35.5. The molecule has 3 rings (SSSR count). The second kappa shape index (κ2) is 6.46. The van der Waals surface area contributed by atoms with Crippen LogP contribution in [0, 0.1) is 6.92 Å². The van der Waals surface area contributed by atoms with Crippen LogP contribution >= 0.6 is 11.6 Å². The van der Waals surface area contributed by atoms with Crippen LogP contribution in [0.15, 0.2) is 54.6 Å². The van der Waals surface area contributed by atoms with E-state index in [9.17, 15) is 0 Å². The van der Waals surface area contributed by atoms with Gasteiger partial charge in [-0.05, 0) is 54.7 Å². The molecule has 1 aliphatic heterocycles. The van der Waals surface area contributed by atoms with Gasteiger partial charge in [0.15, 0.2) is 0 Å². The summed E-state index contributed by atoms with van der Waals surface area (Å²) in [6, 6.07) is 16.7. The molecule has 0 spiro atoms. The van der Waals surface area contributed by atoms with E-state index in [1.807, 2.05) is 12.1 Å². The molecule has 0 amide bonds. The number of rotatable bonds is 3. The Bertz CT molecular complexity index is 572. The molecule has 1 nitrogen and oxygen atoms in total. The van der Waals surface area contributed by atoms with Crippen molar-refractivity contribution in [2.75, 3.05) is 6.61 Å². The Hall–Kier alpha value is -1.57. The molecule has 2 aromatic rings. The van der Waals surface area contributed by atoms with Crippen LogP contribution in [0.1, 0.15) is 29.5 Å². The number of aryl methyl sites for hydroxylation is 1. The Balaban J connectivity index is 2.01. The van der Waals surface area contributed by atoms with E-state index in [2.05, 4.69) is 49.4 Å². The van der Waals surface area contributed by atoms with Crippen molar-refractivity contribution in [2.24, 2.45) is 0 Å². The summed E-state index contributed by atoms with van der Waals surface area (Å²) in [6.45, 7) is 2.97. The number of benzene rings is 2. The van der Waals surface area contributed by atoms with Crippen molar-refractivity contribution >= 4 is 17.2 Å². The van der Waals surface area contributed by atoms with Crippen LogP contribution in [0.2, 0.25) is 5.02 Å². The van der Waals surface area contributed by atoms with Crippen molar-refractivity contribution in [1.29, 1.82) is 0 Å². The Labute approximate surface area is 131 Å². The Morgan fingerprint density at radius 3 is 2.24 bits per heavy atom. The van der Waals surface area contributed by atoms with E-state index < -0.39 is 0 Å². The first-order valence-corrected chi connectivity index (χ1v) is 7.76. The SMILES string of the molecule is Cc1ccc(/C(=C/C2CCCO2)c2ccc(Cl)cc2)cc1. The van der Waals surface area contributed by atoms with Gasteiger partial charge in [-0.15, -0.1) is 0 Å². The minimum atomic E-state index is 0.219. The lowest BCUT2D eigenvalue weighted by molar-refractivity contribution is 0.146. The fourth-order valence-electron chi connectivity index (χ4n) is 2.64. The highest BCUT2D eigenvalue weighted by molar-refractivity contribution is 6.30. The summed E-state index contributed by atoms with van der Waals surface area (Å²) in [6.07, 6.45) is 4.71. The maximum Gasteiger partial charge on any atom is 0.0765 e. The lowest BCUT2D eigenvalue weighted by Gasteiger charge is -2.12. The minimum Gasteiger partial charge on any atom is -0.374 e. The van der Waals surface area contributed by atoms with Gasteiger partial charge in [-0.3, -0.25) is 0 Å². The molecule has 0 radical (unpaired) electrons. The first kappa shape index (κ1) is 14.4. The highest BCUT2D eigenvalue weighted by Crippen LogP contribution is 2.28. The number of hydrogen-bond acceptors (Lipinski definition) is 1. The average Bonchev–Trinajstić information content (AvgIpc) is 3.00. The van der Waals surface area contributed by atoms with Crippen molar-refractivity contribution in [1.82, 2.24) is 0 Å². The van der Waals surface area contributed by atoms with E-state index in [0.29, 0.717) is 0 Å². The van der Waals surface area contributed by atoms with Crippen molar-refractivity contribution in [2.45, 2.75) is 25.9 Å². The molecule has 0 aliphatic carbocycles. The molecular weight excluding hydrogens is 280 g/mol. The Morgan fingerprint density at radius 1 is 1.05 bits per heavy atom. The monoisotopic (exact) mass is 298 g/mol. The van der Waals surface area contributed by atoms with Crippen LogP contribution in [0.5, 0.6) is 0 Å². The van der Waals surface area contributed by atoms with Crippen molar-refractivity contribution in [3.63, 3.8) is 0 Å². The number of ether oxygens (including phenoxy) is 1. The second-order valence-corrected chi connectivity index (χ2v) is 5.94. The summed E-state index contributed by atoms with van der Waals surface area (Å²) in [7, 11) is 0. The lowest BCUT2D eigenvalue weighted by atomic mass is 9.95. The normalized spacial score (nSPS) is 19.0. The molecule has 21 heavy (non-hydrogen) atoms. The van der Waals surface area contributed by atoms with Gasteiger partial charge in [0.25, 0.3) is 0 Å². The van der Waals surface area contributed by atoms with Gasteiger partial charge in [0.2, 0.25) is 0 Å². The zero-order valence-corrected chi connectivity index (χ0v) is 12.9. The number of hydrogen-bond donors (Lipinski definition) is 0. The smallest absolute Gasteiger partial charge is 0.0765 e. The number of halogens is 1. The molecular formula is C19H19ClO. The summed E-state index contributed by atoms with van der Waals surface area (Å²) < 4.78 is 5.77. The standard InChI is InChI=1S/C19H19ClO/c1-14-4-6-15(7-5-14)19(13-18-3-2-12-21-18)16-8-10-17(20)11-9-16/h4-11,13,18H,2-3,12H2,1H3/b19-13-. The van der Waals surface area contributed by atoms with Crippen LogP contribution in [-0.4, -0.2) is 12.7 Å². The third kappa shape index (κ3) is 3.55. The highest BCUT2D eigenvalue weighted by Gasteiger charge is 2.15. The largest absolute Gasteiger partial charge is 0.374 e. The van der Waals surface area contributed by atoms with Gasteiger partial charge in [0.1, 0.15) is 0 Å². The van der Waals surface area contributed by atoms with Crippen LogP contribution < -0.4 is 0 Å². The maximum atomic E-state index is 6.01. The minimum absolute atomic E-state index is 0.219. The quantitative estimate of drug-likeness (QED) is 0.751. The predicted octanol–water partition coefficient (Wildman–Crippen LogP) is 5.26. The van der Waals surface area contributed by atoms with E-state index in [1.54, 1.807) is 0 Å². The third-order valence-corrected chi connectivity index (χ3v) is 4.09. The molecule has 108 valence electrons. The van der Waals surface area contributed by atoms with E-state index in [-0.39, 0.29) is 6.10 Å². The van der Waals surface area contributed by atoms with Gasteiger partial charge in [0, 0.05) is 11.6 Å². The fraction of sp³-hybridized carbons (Fsp3) is 0.263. The van der Waals surface area contributed by atoms with Gasteiger partial charge in [-0.25, -0.2) is 0 Å². The van der Waals surface area contributed by atoms with Crippen molar-refractivity contribution < 1.29 is 4.74 Å². The molecule has 0 saturated carbocycles. The fourth-order valence-corrected chi connectivity index (χ4v) is 2.77. The molecule has 1 unspecified atom stereocenters. The topological polar surface area (TPSA) is 9.23 Å². The summed E-state index contributed by atoms with van der Waals surface area (Å²) in [5.41, 5.74) is 4.89. The molecule has 2 aromatic carbocycles. The first-order chi connectivity index (χ1) is 10.2. The molecule has 0 aromatic heterocycles. The zero-order chi connectivity index (χ0) is 14.7. The third-order valence-electron chi connectivity index (χ3n) is 3.84. The Kier molecular flexibility index (Phi) is 4.42. The van der Waals surface area contributed by atoms with Crippen molar-refractivity contribution in [3.05, 3.63) is 76.3 Å². The molecule has 1 aliphatic rings. The van der Waals surface area contributed by atoms with Gasteiger partial charge >= 0.3 is 0 Å². The van der Waals surface area contributed by atoms with Gasteiger partial charge in [0.05, 0.1) is 6.10 Å². The van der Waals surface area contributed by atoms with E-state index in [0.717, 1.165) is 24.5 Å². The van der Waals surface area contributed by atoms with E-state index in [1.165, 1.54) is 22.3 Å². The van der Waals surface area contributed by atoms with Gasteiger partial charge < -0.3 is 4.74 Å². The Morgan fingerprint density at radius 2 is 1.67 bits per heavy atom. The second-order valence-electron chi connectivity index (χ2n) is 5.50. The molecule has 2 heteroatoms. The molecule has 1 atom stereocenters. The zero-order valence-electron chi connectivity index (χ0n) is 12.2. The van der Waals surface area contributed by atoms with Gasteiger partial charge in [-0.2, -0.15) is 0 Å². The molecule has 1 saturated heterocycles. The first-order valence-electron chi connectivity index (χ1n) is 7.39.